The van der Waals surface area contributed by atoms with E-state index in [4.69, 9.17) is 14.2 Å². The lowest BCUT2D eigenvalue weighted by molar-refractivity contribution is -0.167. The van der Waals surface area contributed by atoms with Gasteiger partial charge in [-0.15, -0.1) is 0 Å². The molecule has 0 aromatic rings. The predicted octanol–water partition coefficient (Wildman–Crippen LogP) is 23.0. The molecule has 6 nitrogen and oxygen atoms in total. The van der Waals surface area contributed by atoms with E-state index in [9.17, 15) is 14.4 Å². The Hall–Kier alpha value is -3.93. The van der Waals surface area contributed by atoms with Gasteiger partial charge in [-0.05, 0) is 103 Å². The van der Waals surface area contributed by atoms with E-state index in [1.807, 2.05) is 0 Å². The molecule has 0 radical (unpaired) electrons. The summed E-state index contributed by atoms with van der Waals surface area (Å²) in [5.41, 5.74) is 0. The van der Waals surface area contributed by atoms with E-state index < -0.39 is 6.10 Å². The molecule has 0 aliphatic carbocycles. The van der Waals surface area contributed by atoms with Gasteiger partial charge in [0.05, 0.1) is 0 Å². The van der Waals surface area contributed by atoms with Crippen molar-refractivity contribution in [3.05, 3.63) is 109 Å². The van der Waals surface area contributed by atoms with Crippen LogP contribution in [0.4, 0.5) is 0 Å². The third-order valence-electron chi connectivity index (χ3n) is 14.3. The summed E-state index contributed by atoms with van der Waals surface area (Å²) in [4.78, 5) is 38.4. The number of hydrogen-bond acceptors (Lipinski definition) is 6. The molecule has 0 saturated heterocycles. The Balaban J connectivity index is 4.48. The molecular weight excluding hydrogens is 973 g/mol. The average molecular weight is 1100 g/mol. The van der Waals surface area contributed by atoms with Crippen LogP contribution in [0.3, 0.4) is 0 Å². The van der Waals surface area contributed by atoms with E-state index >= 15 is 0 Å². The molecule has 79 heavy (non-hydrogen) atoms. The highest BCUT2D eigenvalue weighted by Crippen LogP contribution is 2.16. The van der Waals surface area contributed by atoms with Crippen molar-refractivity contribution in [2.75, 3.05) is 13.2 Å². The van der Waals surface area contributed by atoms with Crippen LogP contribution in [-0.4, -0.2) is 37.2 Å². The minimum absolute atomic E-state index is 0.0961. The van der Waals surface area contributed by atoms with E-state index in [0.717, 1.165) is 96.3 Å². The maximum Gasteiger partial charge on any atom is 0.306 e. The second-order valence-electron chi connectivity index (χ2n) is 22.0. The van der Waals surface area contributed by atoms with Crippen LogP contribution < -0.4 is 0 Å². The lowest BCUT2D eigenvalue weighted by Gasteiger charge is -2.18. The standard InChI is InChI=1S/C73H124O6/c1-4-7-10-13-16-19-22-25-28-31-33-35-36-38-39-42-45-48-51-54-57-60-63-66-72(75)78-69-70(68-77-71(74)65-62-59-56-53-50-47-44-41-30-27-24-21-18-15-12-9-6-3)79-73(76)67-64-61-58-55-52-49-46-43-40-37-34-32-29-26-23-20-17-14-11-8-5-2/h7,10,16,19,23,25-26,28,32-35,38-39,45,48,54,57,70H,4-6,8-9,11-15,17-18,20-22,24,27,29-31,36-37,40-44,46-47,49-53,55-56,58-69H2,1-3H3/b10-7-,19-16-,26-23-,28-25-,34-32-,35-33-,39-38-,48-45-,57-54-. The molecule has 0 N–H and O–H groups in total. The molecule has 0 saturated carbocycles. The molecule has 0 heterocycles. The number of unbranched alkanes of at least 4 members (excludes halogenated alkanes) is 31. The molecule has 0 fully saturated rings. The van der Waals surface area contributed by atoms with Crippen LogP contribution in [0.5, 0.6) is 0 Å². The van der Waals surface area contributed by atoms with Crippen LogP contribution >= 0.6 is 0 Å². The normalized spacial score (nSPS) is 12.8. The Morgan fingerprint density at radius 3 is 0.823 bits per heavy atom. The molecule has 0 aliphatic heterocycles. The maximum atomic E-state index is 12.9. The van der Waals surface area contributed by atoms with Crippen LogP contribution in [0.1, 0.15) is 316 Å². The molecule has 0 spiro atoms. The summed E-state index contributed by atoms with van der Waals surface area (Å²) in [6, 6.07) is 0. The van der Waals surface area contributed by atoms with Gasteiger partial charge in [0.25, 0.3) is 0 Å². The summed E-state index contributed by atoms with van der Waals surface area (Å²) in [5, 5.41) is 0. The summed E-state index contributed by atoms with van der Waals surface area (Å²) >= 11 is 0. The van der Waals surface area contributed by atoms with E-state index in [0.29, 0.717) is 19.3 Å². The van der Waals surface area contributed by atoms with Crippen LogP contribution in [0.15, 0.2) is 109 Å². The minimum atomic E-state index is -0.806. The van der Waals surface area contributed by atoms with Gasteiger partial charge in [0.1, 0.15) is 13.2 Å². The highest BCUT2D eigenvalue weighted by molar-refractivity contribution is 5.71. The summed E-state index contributed by atoms with van der Waals surface area (Å²) in [5.74, 6) is -0.951. The third-order valence-corrected chi connectivity index (χ3v) is 14.3. The van der Waals surface area contributed by atoms with Crippen LogP contribution in [0, 0.1) is 0 Å². The predicted molar refractivity (Wildman–Crippen MR) is 343 cm³/mol. The Morgan fingerprint density at radius 2 is 0.506 bits per heavy atom. The second-order valence-corrected chi connectivity index (χ2v) is 22.0. The second kappa shape index (κ2) is 66.6. The van der Waals surface area contributed by atoms with Crippen molar-refractivity contribution in [2.24, 2.45) is 0 Å². The number of esters is 3. The minimum Gasteiger partial charge on any atom is -0.462 e. The molecule has 1 unspecified atom stereocenters. The molecule has 452 valence electrons. The molecule has 0 aromatic carbocycles. The Labute approximate surface area is 489 Å². The topological polar surface area (TPSA) is 78.9 Å². The van der Waals surface area contributed by atoms with Crippen LogP contribution in [0.25, 0.3) is 0 Å². The van der Waals surface area contributed by atoms with Gasteiger partial charge < -0.3 is 14.2 Å². The zero-order chi connectivity index (χ0) is 57.1. The maximum absolute atomic E-state index is 12.9. The van der Waals surface area contributed by atoms with Crippen molar-refractivity contribution in [3.8, 4) is 0 Å². The molecule has 0 bridgehead atoms. The van der Waals surface area contributed by atoms with E-state index in [2.05, 4.69) is 130 Å². The average Bonchev–Trinajstić information content (AvgIpc) is 3.45. The van der Waals surface area contributed by atoms with Crippen LogP contribution in [-0.2, 0) is 28.6 Å². The van der Waals surface area contributed by atoms with Gasteiger partial charge in [-0.1, -0.05) is 304 Å². The van der Waals surface area contributed by atoms with Crippen molar-refractivity contribution in [1.29, 1.82) is 0 Å². The zero-order valence-corrected chi connectivity index (χ0v) is 51.9. The van der Waals surface area contributed by atoms with Crippen LogP contribution in [0.2, 0.25) is 0 Å². The molecule has 1 atom stereocenters. The Bertz CT molecular complexity index is 1590. The number of carbonyl (C=O) groups excluding carboxylic acids is 3. The zero-order valence-electron chi connectivity index (χ0n) is 51.9. The first-order chi connectivity index (χ1) is 39.0. The van der Waals surface area contributed by atoms with Crippen molar-refractivity contribution < 1.29 is 28.6 Å². The molecule has 0 rings (SSSR count). The molecule has 6 heteroatoms. The third kappa shape index (κ3) is 64.8. The first-order valence-corrected chi connectivity index (χ1v) is 33.4. The summed E-state index contributed by atoms with van der Waals surface area (Å²) in [6.45, 7) is 6.50. The van der Waals surface area contributed by atoms with Gasteiger partial charge in [0, 0.05) is 19.3 Å². The summed E-state index contributed by atoms with van der Waals surface area (Å²) in [6.07, 6.45) is 91.0. The van der Waals surface area contributed by atoms with Gasteiger partial charge in [-0.2, -0.15) is 0 Å². The Kier molecular flexibility index (Phi) is 63.3. The Morgan fingerprint density at radius 1 is 0.266 bits per heavy atom. The van der Waals surface area contributed by atoms with Gasteiger partial charge in [0.15, 0.2) is 6.10 Å². The number of carbonyl (C=O) groups is 3. The smallest absolute Gasteiger partial charge is 0.306 e. The number of hydrogen-bond donors (Lipinski definition) is 0. The monoisotopic (exact) mass is 1100 g/mol. The highest BCUT2D eigenvalue weighted by Gasteiger charge is 2.19. The quantitative estimate of drug-likeness (QED) is 0.0261. The number of rotatable bonds is 60. The van der Waals surface area contributed by atoms with E-state index in [1.165, 1.54) is 173 Å². The fraction of sp³-hybridized carbons (Fsp3) is 0.712. The SMILES string of the molecule is CC/C=C\C/C=C\C/C=C\C/C=C\C/C=C\C/C=C\C/C=C\CCCC(=O)OCC(COC(=O)CCCCCCCCCCCCCCCCCCC)OC(=O)CCCCCCCCCCC/C=C\C/C=C\CCCCCCC. The van der Waals surface area contributed by atoms with Gasteiger partial charge >= 0.3 is 17.9 Å². The lowest BCUT2D eigenvalue weighted by atomic mass is 10.0. The van der Waals surface area contributed by atoms with Gasteiger partial charge in [-0.25, -0.2) is 0 Å². The van der Waals surface area contributed by atoms with Crippen molar-refractivity contribution in [3.63, 3.8) is 0 Å². The van der Waals surface area contributed by atoms with Crippen molar-refractivity contribution >= 4 is 17.9 Å². The van der Waals surface area contributed by atoms with E-state index in [-0.39, 0.29) is 37.5 Å². The number of ether oxygens (including phenoxy) is 3. The van der Waals surface area contributed by atoms with Gasteiger partial charge in [0.2, 0.25) is 0 Å². The first-order valence-electron chi connectivity index (χ1n) is 33.4. The number of allylic oxidation sites excluding steroid dienone is 18. The first kappa shape index (κ1) is 75.1. The van der Waals surface area contributed by atoms with E-state index in [1.54, 1.807) is 0 Å². The fourth-order valence-electron chi connectivity index (χ4n) is 9.29. The molecule has 0 aromatic heterocycles. The van der Waals surface area contributed by atoms with Gasteiger partial charge in [-0.3, -0.25) is 14.4 Å². The lowest BCUT2D eigenvalue weighted by Crippen LogP contribution is -2.30. The highest BCUT2D eigenvalue weighted by atomic mass is 16.6. The molecule has 0 amide bonds. The van der Waals surface area contributed by atoms with Crippen molar-refractivity contribution in [1.82, 2.24) is 0 Å². The van der Waals surface area contributed by atoms with Crippen molar-refractivity contribution in [2.45, 2.75) is 322 Å². The fourth-order valence-corrected chi connectivity index (χ4v) is 9.29. The molecule has 0 aliphatic rings. The summed E-state index contributed by atoms with van der Waals surface area (Å²) in [7, 11) is 0. The molecular formula is C73H124O6. The summed E-state index contributed by atoms with van der Waals surface area (Å²) < 4.78 is 16.9. The largest absolute Gasteiger partial charge is 0.462 e.